The number of pyridine rings is 1. The normalized spacial score (nSPS) is 10.8. The summed E-state index contributed by atoms with van der Waals surface area (Å²) in [6.45, 7) is 10.2. The molecule has 1 aromatic heterocycles. The van der Waals surface area contributed by atoms with Crippen LogP contribution in [0.25, 0.3) is 0 Å². The second-order valence-corrected chi connectivity index (χ2v) is 4.51. The number of anilines is 1. The highest BCUT2D eigenvalue weighted by molar-refractivity contribution is 5.42. The summed E-state index contributed by atoms with van der Waals surface area (Å²) in [6, 6.07) is 3.82. The molecule has 0 saturated carbocycles. The van der Waals surface area contributed by atoms with E-state index >= 15 is 0 Å². The molecule has 0 atom stereocenters. The molecule has 0 aliphatic heterocycles. The van der Waals surface area contributed by atoms with Crippen molar-refractivity contribution in [2.45, 2.75) is 27.4 Å². The molecule has 114 valence electrons. The van der Waals surface area contributed by atoms with Crippen molar-refractivity contribution in [3.8, 4) is 0 Å². The molecule has 20 heavy (non-hydrogen) atoms. The van der Waals surface area contributed by atoms with Crippen LogP contribution in [0.4, 0.5) is 5.82 Å². The van der Waals surface area contributed by atoms with E-state index in [2.05, 4.69) is 9.88 Å². The van der Waals surface area contributed by atoms with Crippen molar-refractivity contribution in [1.29, 1.82) is 0 Å². The molecule has 0 spiro atoms. The van der Waals surface area contributed by atoms with Crippen molar-refractivity contribution >= 4 is 5.82 Å². The lowest BCUT2D eigenvalue weighted by Crippen LogP contribution is -2.32. The fourth-order valence-electron chi connectivity index (χ4n) is 1.95. The Bertz CT molecular complexity index is 375. The van der Waals surface area contributed by atoms with Crippen molar-refractivity contribution in [2.24, 2.45) is 0 Å². The molecular formula is C15H26N2O3. The van der Waals surface area contributed by atoms with E-state index in [0.717, 1.165) is 30.2 Å². The first-order valence-electron chi connectivity index (χ1n) is 7.20. The van der Waals surface area contributed by atoms with Gasteiger partial charge in [-0.1, -0.05) is 0 Å². The predicted molar refractivity (Wildman–Crippen MR) is 80.1 cm³/mol. The summed E-state index contributed by atoms with van der Waals surface area (Å²) in [5.41, 5.74) is 1.79. The molecule has 0 unspecified atom stereocenters. The van der Waals surface area contributed by atoms with Gasteiger partial charge in [-0.2, -0.15) is 0 Å². The summed E-state index contributed by atoms with van der Waals surface area (Å²) < 4.78 is 10.8. The average molecular weight is 282 g/mol. The first-order valence-corrected chi connectivity index (χ1v) is 7.20. The van der Waals surface area contributed by atoms with E-state index in [1.807, 2.05) is 32.9 Å². The molecule has 1 N–H and O–H groups in total. The number of ether oxygens (including phenoxy) is 2. The number of nitrogens with zero attached hydrogens (tertiary/aromatic N) is 2. The maximum Gasteiger partial charge on any atom is 0.129 e. The molecule has 0 amide bonds. The van der Waals surface area contributed by atoms with Gasteiger partial charge in [-0.25, -0.2) is 4.98 Å². The summed E-state index contributed by atoms with van der Waals surface area (Å²) in [7, 11) is 0. The van der Waals surface area contributed by atoms with E-state index in [-0.39, 0.29) is 6.61 Å². The van der Waals surface area contributed by atoms with Crippen LogP contribution in [0.1, 0.15) is 25.1 Å². The Morgan fingerprint density at radius 2 is 1.70 bits per heavy atom. The maximum atomic E-state index is 9.30. The van der Waals surface area contributed by atoms with Crippen LogP contribution >= 0.6 is 0 Å². The van der Waals surface area contributed by atoms with E-state index in [1.165, 1.54) is 0 Å². The Kier molecular flexibility index (Phi) is 8.18. The van der Waals surface area contributed by atoms with Crippen LogP contribution in [0.2, 0.25) is 0 Å². The highest BCUT2D eigenvalue weighted by Gasteiger charge is 2.09. The van der Waals surface area contributed by atoms with Crippen LogP contribution in [0, 0.1) is 6.92 Å². The van der Waals surface area contributed by atoms with E-state index < -0.39 is 0 Å². The summed E-state index contributed by atoms with van der Waals surface area (Å²) in [6.07, 6.45) is 0. The van der Waals surface area contributed by atoms with Crippen molar-refractivity contribution in [3.05, 3.63) is 23.4 Å². The quantitative estimate of drug-likeness (QED) is 0.663. The van der Waals surface area contributed by atoms with Gasteiger partial charge in [0.1, 0.15) is 5.82 Å². The molecule has 1 heterocycles. The van der Waals surface area contributed by atoms with Crippen molar-refractivity contribution in [3.63, 3.8) is 0 Å². The van der Waals surface area contributed by atoms with Gasteiger partial charge in [0.25, 0.3) is 0 Å². The number of hydrogen-bond acceptors (Lipinski definition) is 5. The maximum absolute atomic E-state index is 9.30. The third kappa shape index (κ3) is 5.86. The van der Waals surface area contributed by atoms with Crippen molar-refractivity contribution in [2.75, 3.05) is 44.4 Å². The minimum atomic E-state index is 0.0289. The monoisotopic (exact) mass is 282 g/mol. The van der Waals surface area contributed by atoms with Gasteiger partial charge >= 0.3 is 0 Å². The zero-order valence-corrected chi connectivity index (χ0v) is 12.8. The van der Waals surface area contributed by atoms with Gasteiger partial charge in [-0.3, -0.25) is 0 Å². The summed E-state index contributed by atoms with van der Waals surface area (Å²) in [5.74, 6) is 0.869. The molecule has 0 fully saturated rings. The van der Waals surface area contributed by atoms with Gasteiger partial charge in [-0.05, 0) is 38.5 Å². The molecule has 0 aliphatic rings. The number of rotatable bonds is 10. The first-order chi connectivity index (χ1) is 9.71. The molecule has 0 aromatic carbocycles. The van der Waals surface area contributed by atoms with Gasteiger partial charge in [0.05, 0.1) is 19.8 Å². The van der Waals surface area contributed by atoms with Crippen LogP contribution in [-0.4, -0.2) is 49.6 Å². The second-order valence-electron chi connectivity index (χ2n) is 4.51. The molecule has 1 aromatic rings. The third-order valence-corrected chi connectivity index (χ3v) is 2.93. The minimum absolute atomic E-state index is 0.0289. The SMILES string of the molecule is CCOCCN(CCOCC)c1cc(CO)cc(C)n1. The van der Waals surface area contributed by atoms with E-state index in [1.54, 1.807) is 0 Å². The molecule has 0 bridgehead atoms. The summed E-state index contributed by atoms with van der Waals surface area (Å²) >= 11 is 0. The van der Waals surface area contributed by atoms with Gasteiger partial charge < -0.3 is 19.5 Å². The largest absolute Gasteiger partial charge is 0.392 e. The predicted octanol–water partition coefficient (Wildman–Crippen LogP) is 1.76. The lowest BCUT2D eigenvalue weighted by atomic mass is 10.2. The minimum Gasteiger partial charge on any atom is -0.392 e. The number of aliphatic hydroxyl groups is 1. The van der Waals surface area contributed by atoms with Gasteiger partial charge in [0, 0.05) is 32.0 Å². The third-order valence-electron chi connectivity index (χ3n) is 2.93. The molecule has 1 rings (SSSR count). The highest BCUT2D eigenvalue weighted by Crippen LogP contribution is 2.15. The Morgan fingerprint density at radius 3 is 2.20 bits per heavy atom. The van der Waals surface area contributed by atoms with Crippen LogP contribution < -0.4 is 4.90 Å². The smallest absolute Gasteiger partial charge is 0.129 e. The van der Waals surface area contributed by atoms with Crippen LogP contribution in [0.5, 0.6) is 0 Å². The Balaban J connectivity index is 2.75. The Morgan fingerprint density at radius 1 is 1.10 bits per heavy atom. The standard InChI is InChI=1S/C15H26N2O3/c1-4-19-8-6-17(7-9-20-5-2)15-11-14(12-18)10-13(3)16-15/h10-11,18H,4-9,12H2,1-3H3. The molecule has 0 saturated heterocycles. The highest BCUT2D eigenvalue weighted by atomic mass is 16.5. The van der Waals surface area contributed by atoms with Crippen molar-refractivity contribution in [1.82, 2.24) is 4.98 Å². The zero-order chi connectivity index (χ0) is 14.8. The molecule has 0 aliphatic carbocycles. The van der Waals surface area contributed by atoms with Gasteiger partial charge in [0.2, 0.25) is 0 Å². The zero-order valence-electron chi connectivity index (χ0n) is 12.8. The van der Waals surface area contributed by atoms with Crippen LogP contribution in [0.15, 0.2) is 12.1 Å². The number of aromatic nitrogens is 1. The van der Waals surface area contributed by atoms with Gasteiger partial charge in [-0.15, -0.1) is 0 Å². The van der Waals surface area contributed by atoms with E-state index in [0.29, 0.717) is 26.4 Å². The van der Waals surface area contributed by atoms with E-state index in [9.17, 15) is 5.11 Å². The fourth-order valence-corrected chi connectivity index (χ4v) is 1.95. The fraction of sp³-hybridized carbons (Fsp3) is 0.667. The Labute approximate surface area is 121 Å². The first kappa shape index (κ1) is 16.9. The summed E-state index contributed by atoms with van der Waals surface area (Å²) in [4.78, 5) is 6.68. The molecule has 0 radical (unpaired) electrons. The number of aryl methyl sites for hydroxylation is 1. The van der Waals surface area contributed by atoms with Crippen molar-refractivity contribution < 1.29 is 14.6 Å². The van der Waals surface area contributed by atoms with Crippen LogP contribution in [-0.2, 0) is 16.1 Å². The lowest BCUT2D eigenvalue weighted by molar-refractivity contribution is 0.141. The van der Waals surface area contributed by atoms with E-state index in [4.69, 9.17) is 9.47 Å². The number of hydrogen-bond donors (Lipinski definition) is 1. The van der Waals surface area contributed by atoms with Crippen LogP contribution in [0.3, 0.4) is 0 Å². The lowest BCUT2D eigenvalue weighted by Gasteiger charge is -2.24. The summed E-state index contributed by atoms with van der Waals surface area (Å²) in [5, 5.41) is 9.30. The Hall–Kier alpha value is -1.17. The number of aliphatic hydroxyl groups excluding tert-OH is 1. The molecular weight excluding hydrogens is 256 g/mol. The molecule has 5 nitrogen and oxygen atoms in total. The second kappa shape index (κ2) is 9.69. The average Bonchev–Trinajstić information content (AvgIpc) is 2.45. The van der Waals surface area contributed by atoms with Gasteiger partial charge in [0.15, 0.2) is 0 Å². The molecule has 5 heteroatoms. The topological polar surface area (TPSA) is 54.8 Å².